The molecular weight excluding hydrogens is 353 g/mol. The van der Waals surface area contributed by atoms with Crippen LogP contribution in [0.15, 0.2) is 22.7 Å². The average molecular weight is 367 g/mol. The standard InChI is InChI=1S/C13H14BrF3N2O2/c1-7(2)19-11(20)6-18-12(21)9-4-3-8(14)5-10(9)13(15,16)17/h3-5,7H,6H2,1-2H3,(H,18,21)(H,19,20). The molecule has 1 aromatic carbocycles. The van der Waals surface area contributed by atoms with Crippen molar-refractivity contribution in [3.63, 3.8) is 0 Å². The fraction of sp³-hybridized carbons (Fsp3) is 0.385. The molecule has 2 N–H and O–H groups in total. The van der Waals surface area contributed by atoms with Crippen LogP contribution in [0.5, 0.6) is 0 Å². The Morgan fingerprint density at radius 2 is 1.90 bits per heavy atom. The fourth-order valence-electron chi connectivity index (χ4n) is 1.58. The van der Waals surface area contributed by atoms with E-state index in [-0.39, 0.29) is 17.1 Å². The van der Waals surface area contributed by atoms with Gasteiger partial charge in [0.15, 0.2) is 0 Å². The van der Waals surface area contributed by atoms with Gasteiger partial charge in [0.2, 0.25) is 5.91 Å². The van der Waals surface area contributed by atoms with Crippen LogP contribution < -0.4 is 10.6 Å². The second-order valence-electron chi connectivity index (χ2n) is 4.59. The molecule has 1 aromatic rings. The Hall–Kier alpha value is -1.57. The molecule has 21 heavy (non-hydrogen) atoms. The van der Waals surface area contributed by atoms with E-state index in [1.807, 2.05) is 0 Å². The third-order valence-electron chi connectivity index (χ3n) is 2.39. The summed E-state index contributed by atoms with van der Waals surface area (Å²) >= 11 is 2.93. The van der Waals surface area contributed by atoms with Crippen LogP contribution >= 0.6 is 15.9 Å². The van der Waals surface area contributed by atoms with Crippen LogP contribution in [-0.2, 0) is 11.0 Å². The zero-order valence-corrected chi connectivity index (χ0v) is 12.9. The number of rotatable bonds is 4. The van der Waals surface area contributed by atoms with Crippen molar-refractivity contribution >= 4 is 27.7 Å². The molecule has 0 atom stereocenters. The number of benzene rings is 1. The smallest absolute Gasteiger partial charge is 0.352 e. The van der Waals surface area contributed by atoms with Crippen LogP contribution in [-0.4, -0.2) is 24.4 Å². The van der Waals surface area contributed by atoms with E-state index in [9.17, 15) is 22.8 Å². The number of alkyl halides is 3. The first-order valence-corrected chi connectivity index (χ1v) is 6.85. The number of halogens is 4. The van der Waals surface area contributed by atoms with Crippen LogP contribution in [0.2, 0.25) is 0 Å². The van der Waals surface area contributed by atoms with Gasteiger partial charge in [0, 0.05) is 10.5 Å². The maximum Gasteiger partial charge on any atom is 0.417 e. The molecule has 0 unspecified atom stereocenters. The normalized spacial score (nSPS) is 11.4. The van der Waals surface area contributed by atoms with E-state index in [0.717, 1.165) is 12.1 Å². The number of amides is 2. The van der Waals surface area contributed by atoms with E-state index in [1.165, 1.54) is 6.07 Å². The Morgan fingerprint density at radius 3 is 2.43 bits per heavy atom. The molecule has 0 aliphatic rings. The Morgan fingerprint density at radius 1 is 1.29 bits per heavy atom. The Kier molecular flexibility index (Phi) is 5.77. The van der Waals surface area contributed by atoms with Crippen molar-refractivity contribution in [3.8, 4) is 0 Å². The fourth-order valence-corrected chi connectivity index (χ4v) is 1.94. The van der Waals surface area contributed by atoms with Crippen LogP contribution in [0.1, 0.15) is 29.8 Å². The van der Waals surface area contributed by atoms with E-state index in [0.29, 0.717) is 0 Å². The molecule has 0 aliphatic heterocycles. The quantitative estimate of drug-likeness (QED) is 0.860. The number of carbonyl (C=O) groups excluding carboxylic acids is 2. The van der Waals surface area contributed by atoms with Gasteiger partial charge in [-0.25, -0.2) is 0 Å². The molecule has 0 radical (unpaired) electrons. The van der Waals surface area contributed by atoms with Crippen LogP contribution in [0, 0.1) is 0 Å². The molecule has 0 heterocycles. The van der Waals surface area contributed by atoms with Crippen molar-refractivity contribution in [1.82, 2.24) is 10.6 Å². The molecule has 2 amide bonds. The van der Waals surface area contributed by atoms with Crippen molar-refractivity contribution in [1.29, 1.82) is 0 Å². The summed E-state index contributed by atoms with van der Waals surface area (Å²) in [6.07, 6.45) is -4.66. The summed E-state index contributed by atoms with van der Waals surface area (Å²) in [4.78, 5) is 23.2. The number of carbonyl (C=O) groups is 2. The SMILES string of the molecule is CC(C)NC(=O)CNC(=O)c1ccc(Br)cc1C(F)(F)F. The van der Waals surface area contributed by atoms with Gasteiger partial charge in [-0.1, -0.05) is 15.9 Å². The molecule has 0 bridgehead atoms. The van der Waals surface area contributed by atoms with Crippen molar-refractivity contribution in [3.05, 3.63) is 33.8 Å². The summed E-state index contributed by atoms with van der Waals surface area (Å²) in [6, 6.07) is 3.09. The van der Waals surface area contributed by atoms with Gasteiger partial charge in [-0.05, 0) is 32.0 Å². The van der Waals surface area contributed by atoms with Crippen molar-refractivity contribution in [2.45, 2.75) is 26.1 Å². The molecule has 0 aliphatic carbocycles. The first-order valence-electron chi connectivity index (χ1n) is 6.05. The predicted octanol–water partition coefficient (Wildman–Crippen LogP) is 2.72. The summed E-state index contributed by atoms with van der Waals surface area (Å²) in [5, 5.41) is 4.69. The largest absolute Gasteiger partial charge is 0.417 e. The second-order valence-corrected chi connectivity index (χ2v) is 5.51. The van der Waals surface area contributed by atoms with Crippen molar-refractivity contribution in [2.75, 3.05) is 6.54 Å². The predicted molar refractivity (Wildman–Crippen MR) is 74.8 cm³/mol. The van der Waals surface area contributed by atoms with Crippen molar-refractivity contribution < 1.29 is 22.8 Å². The van der Waals surface area contributed by atoms with Gasteiger partial charge in [-0.2, -0.15) is 13.2 Å². The van der Waals surface area contributed by atoms with E-state index in [1.54, 1.807) is 13.8 Å². The Bertz CT molecular complexity index is 545. The summed E-state index contributed by atoms with van der Waals surface area (Å²) in [6.45, 7) is 3.08. The first-order chi connectivity index (χ1) is 9.61. The Balaban J connectivity index is 2.86. The number of hydrogen-bond acceptors (Lipinski definition) is 2. The van der Waals surface area contributed by atoms with Gasteiger partial charge < -0.3 is 10.6 Å². The lowest BCUT2D eigenvalue weighted by atomic mass is 10.1. The van der Waals surface area contributed by atoms with Crippen LogP contribution in [0.3, 0.4) is 0 Å². The third kappa shape index (κ3) is 5.37. The lowest BCUT2D eigenvalue weighted by molar-refractivity contribution is -0.138. The van der Waals surface area contributed by atoms with Crippen molar-refractivity contribution in [2.24, 2.45) is 0 Å². The highest BCUT2D eigenvalue weighted by atomic mass is 79.9. The zero-order chi connectivity index (χ0) is 16.2. The lowest BCUT2D eigenvalue weighted by Crippen LogP contribution is -2.40. The third-order valence-corrected chi connectivity index (χ3v) is 2.88. The molecule has 0 fully saturated rings. The molecular formula is C13H14BrF3N2O2. The molecule has 1 rings (SSSR count). The van der Waals surface area contributed by atoms with Gasteiger partial charge in [0.25, 0.3) is 5.91 Å². The van der Waals surface area contributed by atoms with Gasteiger partial charge in [0.05, 0.1) is 17.7 Å². The monoisotopic (exact) mass is 366 g/mol. The van der Waals surface area contributed by atoms with E-state index in [4.69, 9.17) is 0 Å². The zero-order valence-electron chi connectivity index (χ0n) is 11.3. The topological polar surface area (TPSA) is 58.2 Å². The maximum atomic E-state index is 12.9. The number of hydrogen-bond donors (Lipinski definition) is 2. The van der Waals surface area contributed by atoms with Crippen LogP contribution in [0.25, 0.3) is 0 Å². The minimum Gasteiger partial charge on any atom is -0.352 e. The first kappa shape index (κ1) is 17.5. The number of nitrogens with one attached hydrogen (secondary N) is 2. The minimum absolute atomic E-state index is 0.118. The van der Waals surface area contributed by atoms with Crippen LogP contribution in [0.4, 0.5) is 13.2 Å². The molecule has 4 nitrogen and oxygen atoms in total. The average Bonchev–Trinajstić information content (AvgIpc) is 2.34. The van der Waals surface area contributed by atoms with Gasteiger partial charge in [0.1, 0.15) is 0 Å². The van der Waals surface area contributed by atoms with Gasteiger partial charge in [-0.15, -0.1) is 0 Å². The summed E-state index contributed by atoms with van der Waals surface area (Å²) in [5.74, 6) is -1.42. The maximum absolute atomic E-state index is 12.9. The highest BCUT2D eigenvalue weighted by molar-refractivity contribution is 9.10. The highest BCUT2D eigenvalue weighted by Gasteiger charge is 2.35. The molecule has 0 saturated carbocycles. The molecule has 0 saturated heterocycles. The summed E-state index contributed by atoms with van der Waals surface area (Å²) in [5.41, 5.74) is -1.58. The molecule has 0 spiro atoms. The summed E-state index contributed by atoms with van der Waals surface area (Å²) < 4.78 is 38.9. The summed E-state index contributed by atoms with van der Waals surface area (Å²) in [7, 11) is 0. The molecule has 0 aromatic heterocycles. The van der Waals surface area contributed by atoms with E-state index >= 15 is 0 Å². The van der Waals surface area contributed by atoms with Gasteiger partial charge in [-0.3, -0.25) is 9.59 Å². The van der Waals surface area contributed by atoms with E-state index in [2.05, 4.69) is 26.6 Å². The lowest BCUT2D eigenvalue weighted by Gasteiger charge is -2.14. The van der Waals surface area contributed by atoms with Gasteiger partial charge >= 0.3 is 6.18 Å². The van der Waals surface area contributed by atoms with E-state index < -0.39 is 29.1 Å². The molecule has 8 heteroatoms. The second kappa shape index (κ2) is 6.93. The highest BCUT2D eigenvalue weighted by Crippen LogP contribution is 2.33. The minimum atomic E-state index is -4.66. The molecule has 116 valence electrons. The Labute approximate surface area is 128 Å².